The van der Waals surface area contributed by atoms with Gasteiger partial charge in [-0.3, -0.25) is 9.59 Å². The molecule has 2 amide bonds. The maximum absolute atomic E-state index is 12.9. The number of aromatic nitrogens is 2. The van der Waals surface area contributed by atoms with Gasteiger partial charge in [0.2, 0.25) is 11.8 Å². The number of rotatable bonds is 3. The van der Waals surface area contributed by atoms with Gasteiger partial charge >= 0.3 is 0 Å². The van der Waals surface area contributed by atoms with E-state index in [0.29, 0.717) is 25.9 Å². The Kier molecular flexibility index (Phi) is 3.62. The molecule has 7 heteroatoms. The van der Waals surface area contributed by atoms with Crippen LogP contribution >= 0.6 is 0 Å². The van der Waals surface area contributed by atoms with Crippen LogP contribution in [0.15, 0.2) is 36.7 Å². The van der Waals surface area contributed by atoms with Gasteiger partial charge in [-0.1, -0.05) is 30.3 Å². The molecule has 1 aromatic heterocycles. The first-order valence-electron chi connectivity index (χ1n) is 9.40. The van der Waals surface area contributed by atoms with Crippen LogP contribution in [0.25, 0.3) is 0 Å². The van der Waals surface area contributed by atoms with Gasteiger partial charge in [0.25, 0.3) is 0 Å². The van der Waals surface area contributed by atoms with Crippen molar-refractivity contribution in [3.63, 3.8) is 0 Å². The molecule has 4 heterocycles. The first kappa shape index (κ1) is 16.5. The molecule has 0 bridgehead atoms. The summed E-state index contributed by atoms with van der Waals surface area (Å²) in [5.74, 6) is 0.0837. The Balaban J connectivity index is 1.39. The van der Waals surface area contributed by atoms with Gasteiger partial charge in [-0.15, -0.1) is 0 Å². The minimum atomic E-state index is -0.673. The van der Waals surface area contributed by atoms with Crippen molar-refractivity contribution in [3.05, 3.63) is 53.6 Å². The third-order valence-corrected chi connectivity index (χ3v) is 6.17. The number of nitrogens with zero attached hydrogens (tertiary/aromatic N) is 3. The Bertz CT molecular complexity index is 896. The van der Waals surface area contributed by atoms with Crippen molar-refractivity contribution in [2.45, 2.75) is 44.1 Å². The number of carbonyl (C=O) groups is 2. The number of hydrogen-bond donors (Lipinski definition) is 1. The molecule has 7 nitrogen and oxygen atoms in total. The Morgan fingerprint density at radius 1 is 1.37 bits per heavy atom. The molecule has 1 spiro atoms. The zero-order valence-electron chi connectivity index (χ0n) is 15.2. The van der Waals surface area contributed by atoms with Crippen LogP contribution in [0.5, 0.6) is 0 Å². The molecule has 0 saturated carbocycles. The summed E-state index contributed by atoms with van der Waals surface area (Å²) in [5, 5.41) is 0. The second-order valence-electron chi connectivity index (χ2n) is 7.57. The zero-order chi connectivity index (χ0) is 18.6. The van der Waals surface area contributed by atoms with Gasteiger partial charge in [0.1, 0.15) is 6.10 Å². The van der Waals surface area contributed by atoms with Gasteiger partial charge in [-0.2, -0.15) is 0 Å². The number of aromatic amines is 1. The predicted octanol–water partition coefficient (Wildman–Crippen LogP) is 1.56. The second kappa shape index (κ2) is 5.92. The van der Waals surface area contributed by atoms with Gasteiger partial charge in [0.05, 0.1) is 37.4 Å². The largest absolute Gasteiger partial charge is 0.348 e. The number of amides is 2. The lowest BCUT2D eigenvalue weighted by atomic mass is 10.1. The van der Waals surface area contributed by atoms with E-state index in [-0.39, 0.29) is 30.4 Å². The normalized spacial score (nSPS) is 29.3. The molecule has 1 N–H and O–H groups in total. The number of hydrogen-bond acceptors (Lipinski definition) is 4. The lowest BCUT2D eigenvalue weighted by Crippen LogP contribution is -2.49. The Hall–Kier alpha value is -2.67. The van der Waals surface area contributed by atoms with Crippen LogP contribution in [0.1, 0.15) is 35.9 Å². The first-order chi connectivity index (χ1) is 13.1. The Morgan fingerprint density at radius 3 is 2.93 bits per heavy atom. The third-order valence-electron chi connectivity index (χ3n) is 6.17. The second-order valence-corrected chi connectivity index (χ2v) is 7.57. The molecule has 140 valence electrons. The molecule has 1 aromatic carbocycles. The van der Waals surface area contributed by atoms with Crippen molar-refractivity contribution in [2.75, 3.05) is 13.1 Å². The van der Waals surface area contributed by atoms with E-state index in [1.165, 1.54) is 0 Å². The average molecular weight is 366 g/mol. The van der Waals surface area contributed by atoms with Crippen LogP contribution in [0.3, 0.4) is 0 Å². The van der Waals surface area contributed by atoms with E-state index in [4.69, 9.17) is 4.74 Å². The minimum absolute atomic E-state index is 0.00786. The lowest BCUT2D eigenvalue weighted by Gasteiger charge is -2.32. The number of aryl methyl sites for hydroxylation is 1. The highest BCUT2D eigenvalue weighted by Gasteiger charge is 2.64. The number of likely N-dealkylation sites (tertiary alicyclic amines) is 1. The van der Waals surface area contributed by atoms with Crippen molar-refractivity contribution in [3.8, 4) is 0 Å². The molecule has 0 radical (unpaired) electrons. The molecule has 5 rings (SSSR count). The molecular weight excluding hydrogens is 344 g/mol. The van der Waals surface area contributed by atoms with E-state index < -0.39 is 5.72 Å². The molecule has 3 aliphatic rings. The number of H-pyrrole nitrogens is 1. The maximum atomic E-state index is 12.9. The smallest absolute Gasteiger partial charge is 0.229 e. The molecule has 3 saturated heterocycles. The highest BCUT2D eigenvalue weighted by Crippen LogP contribution is 2.50. The van der Waals surface area contributed by atoms with E-state index in [0.717, 1.165) is 17.0 Å². The van der Waals surface area contributed by atoms with Crippen molar-refractivity contribution in [1.29, 1.82) is 0 Å². The van der Waals surface area contributed by atoms with Gasteiger partial charge in [0, 0.05) is 18.7 Å². The summed E-state index contributed by atoms with van der Waals surface area (Å²) in [6, 6.07) is 9.78. The maximum Gasteiger partial charge on any atom is 0.229 e. The molecule has 3 aliphatic heterocycles. The van der Waals surface area contributed by atoms with Crippen LogP contribution in [-0.2, 0) is 20.7 Å². The van der Waals surface area contributed by atoms with E-state index in [9.17, 15) is 9.59 Å². The summed E-state index contributed by atoms with van der Waals surface area (Å²) in [5.41, 5.74) is 2.07. The Morgan fingerprint density at radius 2 is 2.19 bits per heavy atom. The van der Waals surface area contributed by atoms with Crippen LogP contribution < -0.4 is 0 Å². The van der Waals surface area contributed by atoms with Gasteiger partial charge in [-0.25, -0.2) is 4.98 Å². The topological polar surface area (TPSA) is 78.5 Å². The van der Waals surface area contributed by atoms with Crippen molar-refractivity contribution in [2.24, 2.45) is 0 Å². The molecule has 0 aliphatic carbocycles. The fourth-order valence-corrected chi connectivity index (χ4v) is 4.77. The van der Waals surface area contributed by atoms with Crippen LogP contribution in [0.2, 0.25) is 0 Å². The highest BCUT2D eigenvalue weighted by atomic mass is 16.5. The van der Waals surface area contributed by atoms with Crippen LogP contribution in [-0.4, -0.2) is 56.4 Å². The highest BCUT2D eigenvalue weighted by molar-refractivity contribution is 5.85. The average Bonchev–Trinajstić information content (AvgIpc) is 3.39. The number of benzene rings is 1. The van der Waals surface area contributed by atoms with E-state index in [2.05, 4.69) is 9.97 Å². The van der Waals surface area contributed by atoms with Crippen LogP contribution in [0.4, 0.5) is 0 Å². The SMILES string of the molecule is Cc1[nH]cnc1CC(=O)N1CC[C@@]23O[C@H](c4ccccc4)CN2C(=O)C[C@@H]13. The van der Waals surface area contributed by atoms with E-state index in [1.807, 2.05) is 47.1 Å². The molecule has 2 aromatic rings. The summed E-state index contributed by atoms with van der Waals surface area (Å²) in [4.78, 5) is 36.5. The monoisotopic (exact) mass is 366 g/mol. The fraction of sp³-hybridized carbons (Fsp3) is 0.450. The minimum Gasteiger partial charge on any atom is -0.348 e. The molecule has 3 atom stereocenters. The Labute approximate surface area is 157 Å². The fourth-order valence-electron chi connectivity index (χ4n) is 4.77. The van der Waals surface area contributed by atoms with Crippen LogP contribution in [0, 0.1) is 6.92 Å². The standard InChI is InChI=1S/C20H22N4O3/c1-13-15(22-12-21-13)9-18(25)23-8-7-20-17(23)10-19(26)24(20)11-16(27-20)14-5-3-2-4-6-14/h2-6,12,16-17H,7-11H2,1H3,(H,21,22)/t16-,17+,20-/m0/s1. The van der Waals surface area contributed by atoms with Gasteiger partial charge < -0.3 is 19.5 Å². The zero-order valence-corrected chi connectivity index (χ0v) is 15.2. The predicted molar refractivity (Wildman–Crippen MR) is 96.5 cm³/mol. The summed E-state index contributed by atoms with van der Waals surface area (Å²) in [6.45, 7) is 3.07. The summed E-state index contributed by atoms with van der Waals surface area (Å²) in [6.07, 6.45) is 2.72. The molecule has 3 fully saturated rings. The molecule has 27 heavy (non-hydrogen) atoms. The quantitative estimate of drug-likeness (QED) is 0.894. The van der Waals surface area contributed by atoms with Crippen molar-refractivity contribution in [1.82, 2.24) is 19.8 Å². The third kappa shape index (κ3) is 2.41. The van der Waals surface area contributed by atoms with Crippen molar-refractivity contribution < 1.29 is 14.3 Å². The van der Waals surface area contributed by atoms with Crippen molar-refractivity contribution >= 4 is 11.8 Å². The van der Waals surface area contributed by atoms with E-state index >= 15 is 0 Å². The summed E-state index contributed by atoms with van der Waals surface area (Å²) in [7, 11) is 0. The summed E-state index contributed by atoms with van der Waals surface area (Å²) >= 11 is 0. The molecular formula is C20H22N4O3. The lowest BCUT2D eigenvalue weighted by molar-refractivity contribution is -0.142. The number of ether oxygens (including phenoxy) is 1. The summed E-state index contributed by atoms with van der Waals surface area (Å²) < 4.78 is 6.48. The number of imidazole rings is 1. The number of carbonyl (C=O) groups excluding carboxylic acids is 2. The molecule has 0 unspecified atom stereocenters. The van der Waals surface area contributed by atoms with Gasteiger partial charge in [0.15, 0.2) is 5.72 Å². The first-order valence-corrected chi connectivity index (χ1v) is 9.40. The number of nitrogens with one attached hydrogen (secondary N) is 1. The van der Waals surface area contributed by atoms with E-state index in [1.54, 1.807) is 6.33 Å². The van der Waals surface area contributed by atoms with Gasteiger partial charge in [-0.05, 0) is 12.5 Å².